The zero-order chi connectivity index (χ0) is 25.9. The third-order valence-corrected chi connectivity index (χ3v) is 8.54. The molecule has 190 valence electrons. The van der Waals surface area contributed by atoms with Crippen LogP contribution >= 0.6 is 39.1 Å². The number of nitrogens with one attached hydrogen (secondary N) is 1. The van der Waals surface area contributed by atoms with Crippen LogP contribution in [0.3, 0.4) is 0 Å². The highest BCUT2D eigenvalue weighted by molar-refractivity contribution is 9.10. The molecule has 0 unspecified atom stereocenters. The molecule has 0 atom stereocenters. The van der Waals surface area contributed by atoms with Crippen molar-refractivity contribution in [1.82, 2.24) is 9.88 Å². The summed E-state index contributed by atoms with van der Waals surface area (Å²) in [6.07, 6.45) is 3.09. The molecule has 2 aromatic carbocycles. The second kappa shape index (κ2) is 11.4. The molecule has 1 amide bonds. The van der Waals surface area contributed by atoms with Crippen LogP contribution < -0.4 is 9.46 Å². The molecule has 1 saturated heterocycles. The summed E-state index contributed by atoms with van der Waals surface area (Å²) in [5, 5.41) is 0.611. The van der Waals surface area contributed by atoms with Gasteiger partial charge in [0.1, 0.15) is 10.9 Å². The molecule has 1 aliphatic rings. The van der Waals surface area contributed by atoms with E-state index in [0.29, 0.717) is 40.8 Å². The maximum atomic E-state index is 13.2. The molecule has 7 nitrogen and oxygen atoms in total. The molecule has 36 heavy (non-hydrogen) atoms. The first-order chi connectivity index (χ1) is 17.1. The number of aryl methyl sites for hydroxylation is 1. The van der Waals surface area contributed by atoms with Crippen LogP contribution in [0.4, 0.5) is 5.69 Å². The van der Waals surface area contributed by atoms with Gasteiger partial charge in [-0.1, -0.05) is 29.3 Å². The quantitative estimate of drug-likeness (QED) is 0.321. The molecule has 1 aromatic heterocycles. The lowest BCUT2D eigenvalue weighted by molar-refractivity contribution is 0.0661. The van der Waals surface area contributed by atoms with E-state index in [1.165, 1.54) is 18.2 Å². The fraction of sp³-hybridized carbons (Fsp3) is 0.280. The van der Waals surface area contributed by atoms with Crippen LogP contribution in [0.1, 0.15) is 28.8 Å². The summed E-state index contributed by atoms with van der Waals surface area (Å²) in [6, 6.07) is 13.0. The number of ether oxygens (including phenoxy) is 1. The summed E-state index contributed by atoms with van der Waals surface area (Å²) in [5.74, 6) is 0.632. The lowest BCUT2D eigenvalue weighted by Crippen LogP contribution is -2.39. The van der Waals surface area contributed by atoms with Crippen molar-refractivity contribution in [2.24, 2.45) is 5.92 Å². The fourth-order valence-electron chi connectivity index (χ4n) is 3.89. The number of rotatable bonds is 7. The predicted octanol–water partition coefficient (Wildman–Crippen LogP) is 6.19. The van der Waals surface area contributed by atoms with Crippen LogP contribution in [-0.4, -0.2) is 43.9 Å². The van der Waals surface area contributed by atoms with Gasteiger partial charge in [-0.2, -0.15) is 0 Å². The third kappa shape index (κ3) is 6.51. The van der Waals surface area contributed by atoms with Crippen LogP contribution in [0.2, 0.25) is 10.2 Å². The zero-order valence-electron chi connectivity index (χ0n) is 19.4. The van der Waals surface area contributed by atoms with Gasteiger partial charge in [0, 0.05) is 17.6 Å². The van der Waals surface area contributed by atoms with E-state index in [2.05, 4.69) is 25.6 Å². The number of nitrogens with zero attached hydrogens (tertiary/aromatic N) is 2. The van der Waals surface area contributed by atoms with E-state index >= 15 is 0 Å². The number of likely N-dealkylation sites (tertiary alicyclic amines) is 1. The Morgan fingerprint density at radius 1 is 1.14 bits per heavy atom. The molecule has 11 heteroatoms. The van der Waals surface area contributed by atoms with Crippen molar-refractivity contribution in [2.75, 3.05) is 24.4 Å². The molecule has 1 aliphatic heterocycles. The van der Waals surface area contributed by atoms with Gasteiger partial charge >= 0.3 is 0 Å². The van der Waals surface area contributed by atoms with Gasteiger partial charge in [0.25, 0.3) is 15.9 Å². The molecule has 0 saturated carbocycles. The number of benzene rings is 2. The maximum Gasteiger partial charge on any atom is 0.261 e. The average Bonchev–Trinajstić information content (AvgIpc) is 2.86. The zero-order valence-corrected chi connectivity index (χ0v) is 23.3. The lowest BCUT2D eigenvalue weighted by atomic mass is 9.97. The van der Waals surface area contributed by atoms with Gasteiger partial charge in [-0.15, -0.1) is 0 Å². The first-order valence-electron chi connectivity index (χ1n) is 11.2. The normalized spacial score (nSPS) is 14.5. The molecular weight excluding hydrogens is 589 g/mol. The van der Waals surface area contributed by atoms with Gasteiger partial charge in [0.05, 0.1) is 34.0 Å². The van der Waals surface area contributed by atoms with E-state index in [-0.39, 0.29) is 27.3 Å². The fourth-order valence-corrected chi connectivity index (χ4v) is 5.77. The molecule has 4 rings (SSSR count). The standard InChI is InChI=1S/C25H24BrCl2N3O4S/c1-16-2-5-21(26)23(12-16)30-36(33,34)19-4-6-22(27)20(13-19)25(32)31-10-8-17(9-11-31)15-35-18-3-7-24(28)29-14-18/h2-7,12-14,17,30H,8-11,15H2,1H3. The molecular formula is C25H24BrCl2N3O4S. The van der Waals surface area contributed by atoms with Crippen molar-refractivity contribution in [1.29, 1.82) is 0 Å². The molecule has 2 heterocycles. The highest BCUT2D eigenvalue weighted by atomic mass is 79.9. The topological polar surface area (TPSA) is 88.6 Å². The first kappa shape index (κ1) is 26.7. The Balaban J connectivity index is 1.41. The Labute approximate surface area is 228 Å². The SMILES string of the molecule is Cc1ccc(Br)c(NS(=O)(=O)c2ccc(Cl)c(C(=O)N3CCC(COc4ccc(Cl)nc4)CC3)c2)c1. The van der Waals surface area contributed by atoms with E-state index in [4.69, 9.17) is 27.9 Å². The Hall–Kier alpha value is -2.33. The van der Waals surface area contributed by atoms with E-state index < -0.39 is 10.0 Å². The van der Waals surface area contributed by atoms with Gasteiger partial charge < -0.3 is 9.64 Å². The molecule has 0 aliphatic carbocycles. The van der Waals surface area contributed by atoms with Crippen molar-refractivity contribution in [3.05, 3.63) is 80.5 Å². The van der Waals surface area contributed by atoms with E-state index in [1.807, 2.05) is 13.0 Å². The molecule has 0 radical (unpaired) electrons. The summed E-state index contributed by atoms with van der Waals surface area (Å²) >= 11 is 15.5. The summed E-state index contributed by atoms with van der Waals surface area (Å²) in [4.78, 5) is 18.9. The number of anilines is 1. The second-order valence-corrected chi connectivity index (χ2v) is 11.9. The van der Waals surface area contributed by atoms with Crippen molar-refractivity contribution in [2.45, 2.75) is 24.7 Å². The highest BCUT2D eigenvalue weighted by Gasteiger charge is 2.27. The van der Waals surface area contributed by atoms with Crippen molar-refractivity contribution in [3.8, 4) is 5.75 Å². The van der Waals surface area contributed by atoms with Crippen LogP contribution in [-0.2, 0) is 10.0 Å². The number of aromatic nitrogens is 1. The smallest absolute Gasteiger partial charge is 0.261 e. The largest absolute Gasteiger partial charge is 0.492 e. The van der Waals surface area contributed by atoms with E-state index in [1.54, 1.807) is 35.4 Å². The summed E-state index contributed by atoms with van der Waals surface area (Å²) in [7, 11) is -3.94. The van der Waals surface area contributed by atoms with Crippen LogP contribution in [0.25, 0.3) is 0 Å². The van der Waals surface area contributed by atoms with Gasteiger partial charge in [-0.05, 0) is 89.6 Å². The van der Waals surface area contributed by atoms with Crippen molar-refractivity contribution < 1.29 is 17.9 Å². The number of amides is 1. The predicted molar refractivity (Wildman–Crippen MR) is 145 cm³/mol. The molecule has 1 fully saturated rings. The Morgan fingerprint density at radius 2 is 1.89 bits per heavy atom. The second-order valence-electron chi connectivity index (χ2n) is 8.59. The van der Waals surface area contributed by atoms with Gasteiger partial charge in [-0.25, -0.2) is 13.4 Å². The summed E-state index contributed by atoms with van der Waals surface area (Å²) in [5.41, 5.74) is 1.47. The number of carbonyl (C=O) groups excluding carboxylic acids is 1. The monoisotopic (exact) mass is 611 g/mol. The highest BCUT2D eigenvalue weighted by Crippen LogP contribution is 2.29. The molecule has 1 N–H and O–H groups in total. The summed E-state index contributed by atoms with van der Waals surface area (Å²) in [6.45, 7) is 3.43. The van der Waals surface area contributed by atoms with Crippen LogP contribution in [0.15, 0.2) is 64.1 Å². The minimum absolute atomic E-state index is 0.0384. The van der Waals surface area contributed by atoms with Crippen LogP contribution in [0, 0.1) is 12.8 Å². The van der Waals surface area contributed by atoms with Crippen molar-refractivity contribution in [3.63, 3.8) is 0 Å². The molecule has 0 spiro atoms. The van der Waals surface area contributed by atoms with E-state index in [9.17, 15) is 13.2 Å². The molecule has 3 aromatic rings. The van der Waals surface area contributed by atoms with Crippen LogP contribution in [0.5, 0.6) is 5.75 Å². The van der Waals surface area contributed by atoms with E-state index in [0.717, 1.165) is 18.4 Å². The number of hydrogen-bond acceptors (Lipinski definition) is 5. The minimum Gasteiger partial charge on any atom is -0.492 e. The third-order valence-electron chi connectivity index (χ3n) is 5.93. The summed E-state index contributed by atoms with van der Waals surface area (Å²) < 4.78 is 35.1. The van der Waals surface area contributed by atoms with Gasteiger partial charge in [0.2, 0.25) is 0 Å². The lowest BCUT2D eigenvalue weighted by Gasteiger charge is -2.32. The number of carbonyl (C=O) groups is 1. The molecule has 0 bridgehead atoms. The number of piperidine rings is 1. The Kier molecular flexibility index (Phi) is 8.44. The Morgan fingerprint density at radius 3 is 2.58 bits per heavy atom. The Bertz CT molecular complexity index is 1360. The minimum atomic E-state index is -3.94. The number of hydrogen-bond donors (Lipinski definition) is 1. The average molecular weight is 613 g/mol. The van der Waals surface area contributed by atoms with Gasteiger partial charge in [-0.3, -0.25) is 9.52 Å². The van der Waals surface area contributed by atoms with Gasteiger partial charge in [0.15, 0.2) is 0 Å². The van der Waals surface area contributed by atoms with Crippen molar-refractivity contribution >= 4 is 60.7 Å². The number of sulfonamides is 1. The number of halogens is 3. The number of pyridine rings is 1. The first-order valence-corrected chi connectivity index (χ1v) is 14.3. The maximum absolute atomic E-state index is 13.2.